The maximum absolute atomic E-state index is 3.22. The van der Waals surface area contributed by atoms with Crippen LogP contribution in [0.5, 0.6) is 0 Å². The molecule has 0 saturated heterocycles. The van der Waals surface area contributed by atoms with Crippen LogP contribution in [0.1, 0.15) is 52.9 Å². The van der Waals surface area contributed by atoms with Gasteiger partial charge in [-0.25, -0.2) is 0 Å². The van der Waals surface area contributed by atoms with Gasteiger partial charge < -0.3 is 5.32 Å². The van der Waals surface area contributed by atoms with Gasteiger partial charge in [0.25, 0.3) is 0 Å². The summed E-state index contributed by atoms with van der Waals surface area (Å²) in [5.74, 6) is 1.59. The summed E-state index contributed by atoms with van der Waals surface area (Å²) in [6.07, 6.45) is 6.77. The Hall–Kier alpha value is 0.0249. The lowest BCUT2D eigenvalue weighted by Crippen LogP contribution is -2.12. The van der Waals surface area contributed by atoms with Gasteiger partial charge in [-0.3, -0.25) is 0 Å². The molecule has 0 rings (SSSR count). The monoisotopic (exact) mass is 196 g/mol. The Morgan fingerprint density at radius 1 is 1.14 bits per heavy atom. The molecule has 0 aliphatic heterocycles. The maximum atomic E-state index is 3.22. The van der Waals surface area contributed by atoms with Crippen molar-refractivity contribution in [1.82, 2.24) is 5.32 Å². The molecule has 0 bridgehead atoms. The van der Waals surface area contributed by atoms with Crippen molar-refractivity contribution >= 4 is 7.28 Å². The van der Waals surface area contributed by atoms with Crippen LogP contribution in [-0.4, -0.2) is 20.9 Å². The van der Waals surface area contributed by atoms with Gasteiger partial charge in [-0.05, 0) is 20.0 Å². The van der Waals surface area contributed by atoms with E-state index >= 15 is 0 Å². The van der Waals surface area contributed by atoms with Crippen LogP contribution in [0.2, 0.25) is 11.6 Å². The molecule has 1 unspecified atom stereocenters. The SMILES string of the molecule is CCCCC([B]C(C)C)CCCNC. The first kappa shape index (κ1) is 14.0. The van der Waals surface area contributed by atoms with Gasteiger partial charge in [-0.2, -0.15) is 0 Å². The molecule has 0 spiro atoms. The lowest BCUT2D eigenvalue weighted by Gasteiger charge is -2.17. The molecular weight excluding hydrogens is 169 g/mol. The van der Waals surface area contributed by atoms with Crippen molar-refractivity contribution in [3.05, 3.63) is 0 Å². The molecule has 2 heteroatoms. The molecule has 1 N–H and O–H groups in total. The van der Waals surface area contributed by atoms with Crippen LogP contribution in [0.25, 0.3) is 0 Å². The van der Waals surface area contributed by atoms with Crippen molar-refractivity contribution in [2.75, 3.05) is 13.6 Å². The lowest BCUT2D eigenvalue weighted by molar-refractivity contribution is 0.584. The van der Waals surface area contributed by atoms with E-state index in [0.717, 1.165) is 18.2 Å². The van der Waals surface area contributed by atoms with Crippen LogP contribution in [0, 0.1) is 0 Å². The van der Waals surface area contributed by atoms with Crippen molar-refractivity contribution in [3.8, 4) is 0 Å². The molecule has 0 aromatic rings. The smallest absolute Gasteiger partial charge is 0.117 e. The molecular formula is C12H27BN. The largest absolute Gasteiger partial charge is 0.320 e. The van der Waals surface area contributed by atoms with Crippen molar-refractivity contribution in [2.45, 2.75) is 64.5 Å². The summed E-state index contributed by atoms with van der Waals surface area (Å²) < 4.78 is 0. The summed E-state index contributed by atoms with van der Waals surface area (Å²) in [4.78, 5) is 0. The molecule has 0 aliphatic rings. The third kappa shape index (κ3) is 8.62. The zero-order chi connectivity index (χ0) is 10.8. The molecule has 14 heavy (non-hydrogen) atoms. The van der Waals surface area contributed by atoms with Crippen molar-refractivity contribution in [2.24, 2.45) is 0 Å². The predicted octanol–water partition coefficient (Wildman–Crippen LogP) is 3.50. The van der Waals surface area contributed by atoms with E-state index in [4.69, 9.17) is 0 Å². The van der Waals surface area contributed by atoms with E-state index in [0.29, 0.717) is 0 Å². The quantitative estimate of drug-likeness (QED) is 0.439. The van der Waals surface area contributed by atoms with E-state index in [-0.39, 0.29) is 0 Å². The highest BCUT2D eigenvalue weighted by Gasteiger charge is 2.11. The zero-order valence-corrected chi connectivity index (χ0v) is 10.5. The number of unbranched alkanes of at least 4 members (excludes halogenated alkanes) is 1. The average Bonchev–Trinajstić information content (AvgIpc) is 2.13. The second kappa shape index (κ2) is 9.58. The first-order chi connectivity index (χ1) is 6.70. The normalized spacial score (nSPS) is 13.2. The first-order valence-electron chi connectivity index (χ1n) is 6.20. The Morgan fingerprint density at radius 3 is 2.29 bits per heavy atom. The van der Waals surface area contributed by atoms with Gasteiger partial charge in [0.05, 0.1) is 0 Å². The Bertz CT molecular complexity index is 115. The van der Waals surface area contributed by atoms with Gasteiger partial charge in [-0.15, -0.1) is 0 Å². The highest BCUT2D eigenvalue weighted by Crippen LogP contribution is 2.23. The molecule has 0 heterocycles. The zero-order valence-electron chi connectivity index (χ0n) is 10.5. The van der Waals surface area contributed by atoms with Gasteiger partial charge in [0.2, 0.25) is 0 Å². The third-order valence-corrected chi connectivity index (χ3v) is 2.59. The highest BCUT2D eigenvalue weighted by molar-refractivity contribution is 6.39. The average molecular weight is 196 g/mol. The number of hydrogen-bond acceptors (Lipinski definition) is 1. The van der Waals surface area contributed by atoms with E-state index in [1.54, 1.807) is 0 Å². The number of rotatable bonds is 9. The lowest BCUT2D eigenvalue weighted by atomic mass is 9.53. The minimum atomic E-state index is 0.742. The molecule has 0 amide bonds. The van der Waals surface area contributed by atoms with Crippen LogP contribution in [0.4, 0.5) is 0 Å². The fraction of sp³-hybridized carbons (Fsp3) is 1.00. The highest BCUT2D eigenvalue weighted by atomic mass is 14.8. The minimum absolute atomic E-state index is 0.742. The molecule has 0 aliphatic carbocycles. The van der Waals surface area contributed by atoms with Crippen LogP contribution in [-0.2, 0) is 0 Å². The Labute approximate surface area is 91.3 Å². The first-order valence-corrected chi connectivity index (χ1v) is 6.20. The fourth-order valence-corrected chi connectivity index (χ4v) is 1.89. The van der Waals surface area contributed by atoms with E-state index in [9.17, 15) is 0 Å². The Kier molecular flexibility index (Phi) is 9.59. The molecule has 1 nitrogen and oxygen atoms in total. The van der Waals surface area contributed by atoms with Crippen molar-refractivity contribution < 1.29 is 0 Å². The van der Waals surface area contributed by atoms with E-state index in [1.807, 2.05) is 7.05 Å². The second-order valence-electron chi connectivity index (χ2n) is 4.58. The van der Waals surface area contributed by atoms with Crippen LogP contribution >= 0.6 is 0 Å². The van der Waals surface area contributed by atoms with Gasteiger partial charge in [0.1, 0.15) is 7.28 Å². The molecule has 83 valence electrons. The van der Waals surface area contributed by atoms with E-state index in [2.05, 4.69) is 33.4 Å². The molecule has 0 fully saturated rings. The standard InChI is InChI=1S/C12H27BN/c1-5-6-8-12(13-11(2)3)9-7-10-14-4/h11-12,14H,5-10H2,1-4H3. The molecule has 0 aromatic carbocycles. The van der Waals surface area contributed by atoms with Crippen LogP contribution in [0.3, 0.4) is 0 Å². The van der Waals surface area contributed by atoms with E-state index in [1.165, 1.54) is 32.1 Å². The fourth-order valence-electron chi connectivity index (χ4n) is 1.89. The molecule has 0 saturated carbocycles. The summed E-state index contributed by atoms with van der Waals surface area (Å²) in [5, 5.41) is 3.22. The van der Waals surface area contributed by atoms with Crippen LogP contribution < -0.4 is 5.32 Å². The summed E-state index contributed by atoms with van der Waals surface area (Å²) in [6, 6.07) is 0. The Balaban J connectivity index is 3.61. The predicted molar refractivity (Wildman–Crippen MR) is 67.3 cm³/mol. The molecule has 0 aromatic heterocycles. The van der Waals surface area contributed by atoms with Crippen LogP contribution in [0.15, 0.2) is 0 Å². The molecule has 1 radical (unpaired) electrons. The summed E-state index contributed by atoms with van der Waals surface area (Å²) in [5.41, 5.74) is 0. The van der Waals surface area contributed by atoms with Crippen molar-refractivity contribution in [3.63, 3.8) is 0 Å². The Morgan fingerprint density at radius 2 is 1.79 bits per heavy atom. The second-order valence-corrected chi connectivity index (χ2v) is 4.58. The maximum Gasteiger partial charge on any atom is 0.117 e. The topological polar surface area (TPSA) is 12.0 Å². The minimum Gasteiger partial charge on any atom is -0.320 e. The third-order valence-electron chi connectivity index (χ3n) is 2.59. The summed E-state index contributed by atoms with van der Waals surface area (Å²) in [6.45, 7) is 8.02. The van der Waals surface area contributed by atoms with Gasteiger partial charge in [0, 0.05) is 0 Å². The summed E-state index contributed by atoms with van der Waals surface area (Å²) in [7, 11) is 4.57. The number of hydrogen-bond donors (Lipinski definition) is 1. The van der Waals surface area contributed by atoms with Gasteiger partial charge >= 0.3 is 0 Å². The van der Waals surface area contributed by atoms with E-state index < -0.39 is 0 Å². The van der Waals surface area contributed by atoms with Crippen molar-refractivity contribution in [1.29, 1.82) is 0 Å². The number of nitrogens with one attached hydrogen (secondary N) is 1. The summed E-state index contributed by atoms with van der Waals surface area (Å²) >= 11 is 0. The van der Waals surface area contributed by atoms with Gasteiger partial charge in [0.15, 0.2) is 0 Å². The molecule has 1 atom stereocenters. The van der Waals surface area contributed by atoms with Gasteiger partial charge in [-0.1, -0.05) is 58.1 Å².